The molecule has 0 bridgehead atoms. The van der Waals surface area contributed by atoms with Crippen LogP contribution in [0.25, 0.3) is 0 Å². The topological polar surface area (TPSA) is 44.8 Å². The summed E-state index contributed by atoms with van der Waals surface area (Å²) < 4.78 is 16.1. The zero-order valence-corrected chi connectivity index (χ0v) is 13.3. The predicted molar refractivity (Wildman–Crippen MR) is 78.7 cm³/mol. The molecule has 0 aliphatic rings. The van der Waals surface area contributed by atoms with Crippen LogP contribution in [0.5, 0.6) is 11.5 Å². The Labute approximate surface area is 125 Å². The number of halogens is 1. The van der Waals surface area contributed by atoms with Crippen molar-refractivity contribution >= 4 is 17.6 Å². The zero-order chi connectivity index (χ0) is 15.3. The summed E-state index contributed by atoms with van der Waals surface area (Å²) in [4.78, 5) is 11.4. The molecular weight excluding hydrogens is 280 g/mol. The molecule has 0 aromatic heterocycles. The average Bonchev–Trinajstić information content (AvgIpc) is 2.33. The van der Waals surface area contributed by atoms with E-state index in [1.807, 2.05) is 27.7 Å². The molecule has 0 radical (unpaired) electrons. The third kappa shape index (κ3) is 4.93. The van der Waals surface area contributed by atoms with Crippen molar-refractivity contribution in [2.24, 2.45) is 0 Å². The number of benzene rings is 1. The lowest BCUT2D eigenvalue weighted by Crippen LogP contribution is -2.12. The lowest BCUT2D eigenvalue weighted by Gasteiger charge is -2.18. The van der Waals surface area contributed by atoms with Crippen LogP contribution in [0, 0.1) is 0 Å². The Balaban J connectivity index is 3.13. The Bertz CT molecular complexity index is 469. The summed E-state index contributed by atoms with van der Waals surface area (Å²) in [6.07, 6.45) is 0.106. The monoisotopic (exact) mass is 300 g/mol. The molecule has 1 rings (SSSR count). The first-order valence-corrected chi connectivity index (χ1v) is 6.93. The largest absolute Gasteiger partial charge is 0.487 e. The molecular formula is C15H21ClO4. The number of carbonyl (C=O) groups excluding carboxylic acids is 1. The maximum absolute atomic E-state index is 11.4. The molecule has 0 saturated carbocycles. The molecule has 0 heterocycles. The van der Waals surface area contributed by atoms with E-state index in [0.717, 1.165) is 0 Å². The number of esters is 1. The summed E-state index contributed by atoms with van der Waals surface area (Å²) in [6, 6.07) is 3.41. The highest BCUT2D eigenvalue weighted by Crippen LogP contribution is 2.35. The van der Waals surface area contributed by atoms with Gasteiger partial charge in [-0.3, -0.25) is 4.79 Å². The summed E-state index contributed by atoms with van der Waals surface area (Å²) >= 11 is 6.18. The Kier molecular flexibility index (Phi) is 6.14. The molecule has 1 aromatic rings. The molecule has 5 heteroatoms. The molecule has 1 aromatic carbocycles. The lowest BCUT2D eigenvalue weighted by atomic mass is 10.1. The molecule has 0 N–H and O–H groups in total. The number of carbonyl (C=O) groups is 1. The first-order valence-electron chi connectivity index (χ1n) is 6.56. The van der Waals surface area contributed by atoms with Crippen LogP contribution in [0.15, 0.2) is 12.1 Å². The number of rotatable bonds is 6. The van der Waals surface area contributed by atoms with Gasteiger partial charge in [0, 0.05) is 11.1 Å². The first-order chi connectivity index (χ1) is 9.33. The second kappa shape index (κ2) is 7.39. The van der Waals surface area contributed by atoms with Gasteiger partial charge in [-0.15, -0.1) is 0 Å². The summed E-state index contributed by atoms with van der Waals surface area (Å²) in [5.41, 5.74) is 0.658. The molecule has 0 amide bonds. The van der Waals surface area contributed by atoms with E-state index in [1.165, 1.54) is 7.11 Å². The first kappa shape index (κ1) is 16.6. The van der Waals surface area contributed by atoms with Gasteiger partial charge in [0.15, 0.2) is 11.5 Å². The Hall–Kier alpha value is -1.42. The van der Waals surface area contributed by atoms with Gasteiger partial charge in [-0.05, 0) is 39.3 Å². The van der Waals surface area contributed by atoms with Crippen LogP contribution in [0.4, 0.5) is 0 Å². The Morgan fingerprint density at radius 1 is 1.10 bits per heavy atom. The molecule has 20 heavy (non-hydrogen) atoms. The maximum Gasteiger partial charge on any atom is 0.310 e. The van der Waals surface area contributed by atoms with E-state index in [0.29, 0.717) is 22.1 Å². The fourth-order valence-corrected chi connectivity index (χ4v) is 1.85. The smallest absolute Gasteiger partial charge is 0.310 e. The van der Waals surface area contributed by atoms with Gasteiger partial charge in [-0.2, -0.15) is 0 Å². The fraction of sp³-hybridized carbons (Fsp3) is 0.533. The SMILES string of the molecule is COC(=O)Cc1cc(OC(C)C)c(OC(C)C)cc1Cl. The van der Waals surface area contributed by atoms with E-state index in [9.17, 15) is 4.79 Å². The molecule has 0 fully saturated rings. The summed E-state index contributed by atoms with van der Waals surface area (Å²) in [6.45, 7) is 7.70. The predicted octanol–water partition coefficient (Wildman–Crippen LogP) is 3.63. The molecule has 0 unspecified atom stereocenters. The highest BCUT2D eigenvalue weighted by atomic mass is 35.5. The normalized spacial score (nSPS) is 10.8. The quantitative estimate of drug-likeness (QED) is 0.753. The van der Waals surface area contributed by atoms with Crippen molar-refractivity contribution in [3.8, 4) is 11.5 Å². The number of hydrogen-bond acceptors (Lipinski definition) is 4. The second-order valence-corrected chi connectivity index (χ2v) is 5.38. The highest BCUT2D eigenvalue weighted by Gasteiger charge is 2.15. The second-order valence-electron chi connectivity index (χ2n) is 4.98. The van der Waals surface area contributed by atoms with Crippen molar-refractivity contribution in [1.82, 2.24) is 0 Å². The van der Waals surface area contributed by atoms with Crippen LogP contribution in [0.3, 0.4) is 0 Å². The fourth-order valence-electron chi connectivity index (χ4n) is 1.63. The minimum absolute atomic E-state index is 0.00309. The third-order valence-corrected chi connectivity index (χ3v) is 2.75. The van der Waals surface area contributed by atoms with Gasteiger partial charge < -0.3 is 14.2 Å². The van der Waals surface area contributed by atoms with Crippen molar-refractivity contribution in [1.29, 1.82) is 0 Å². The van der Waals surface area contributed by atoms with Gasteiger partial charge in [-0.25, -0.2) is 0 Å². The van der Waals surface area contributed by atoms with Crippen LogP contribution in [-0.4, -0.2) is 25.3 Å². The Morgan fingerprint density at radius 3 is 2.05 bits per heavy atom. The van der Waals surface area contributed by atoms with Crippen molar-refractivity contribution in [2.75, 3.05) is 7.11 Å². The number of methoxy groups -OCH3 is 1. The van der Waals surface area contributed by atoms with Crippen LogP contribution < -0.4 is 9.47 Å². The summed E-state index contributed by atoms with van der Waals surface area (Å²) in [5, 5.41) is 0.460. The molecule has 0 saturated heterocycles. The number of ether oxygens (including phenoxy) is 3. The van der Waals surface area contributed by atoms with E-state index in [2.05, 4.69) is 4.74 Å². The maximum atomic E-state index is 11.4. The van der Waals surface area contributed by atoms with E-state index < -0.39 is 0 Å². The van der Waals surface area contributed by atoms with Crippen molar-refractivity contribution < 1.29 is 19.0 Å². The summed E-state index contributed by atoms with van der Waals surface area (Å²) in [5.74, 6) is 0.809. The van der Waals surface area contributed by atoms with Gasteiger partial charge >= 0.3 is 5.97 Å². The molecule has 112 valence electrons. The average molecular weight is 301 g/mol. The molecule has 0 spiro atoms. The van der Waals surface area contributed by atoms with Gasteiger partial charge in [-0.1, -0.05) is 11.6 Å². The molecule has 0 atom stereocenters. The Morgan fingerprint density at radius 2 is 1.60 bits per heavy atom. The van der Waals surface area contributed by atoms with Crippen LogP contribution >= 0.6 is 11.6 Å². The minimum atomic E-state index is -0.347. The van der Waals surface area contributed by atoms with Crippen LogP contribution in [0.1, 0.15) is 33.3 Å². The van der Waals surface area contributed by atoms with Crippen molar-refractivity contribution in [3.05, 3.63) is 22.7 Å². The zero-order valence-electron chi connectivity index (χ0n) is 12.5. The van der Waals surface area contributed by atoms with Crippen molar-refractivity contribution in [3.63, 3.8) is 0 Å². The molecule has 0 aliphatic carbocycles. The molecule has 4 nitrogen and oxygen atoms in total. The van der Waals surface area contributed by atoms with E-state index in [4.69, 9.17) is 21.1 Å². The van der Waals surface area contributed by atoms with Crippen molar-refractivity contribution in [2.45, 2.75) is 46.3 Å². The van der Waals surface area contributed by atoms with E-state index in [1.54, 1.807) is 12.1 Å². The van der Waals surface area contributed by atoms with E-state index >= 15 is 0 Å². The minimum Gasteiger partial charge on any atom is -0.487 e. The highest BCUT2D eigenvalue weighted by molar-refractivity contribution is 6.31. The van der Waals surface area contributed by atoms with Gasteiger partial charge in [0.1, 0.15) is 0 Å². The van der Waals surface area contributed by atoms with Gasteiger partial charge in [0.2, 0.25) is 0 Å². The van der Waals surface area contributed by atoms with Crippen LogP contribution in [-0.2, 0) is 16.0 Å². The lowest BCUT2D eigenvalue weighted by molar-refractivity contribution is -0.139. The molecule has 0 aliphatic heterocycles. The van der Waals surface area contributed by atoms with Crippen LogP contribution in [0.2, 0.25) is 5.02 Å². The van der Waals surface area contributed by atoms with E-state index in [-0.39, 0.29) is 24.6 Å². The third-order valence-electron chi connectivity index (χ3n) is 2.40. The van der Waals surface area contributed by atoms with Gasteiger partial charge in [0.05, 0.1) is 25.7 Å². The summed E-state index contributed by atoms with van der Waals surface area (Å²) in [7, 11) is 1.35. The standard InChI is InChI=1S/C15H21ClO4/c1-9(2)19-13-6-11(7-15(17)18-5)12(16)8-14(13)20-10(3)4/h6,8-10H,7H2,1-5H3. The number of hydrogen-bond donors (Lipinski definition) is 0. The van der Waals surface area contributed by atoms with Gasteiger partial charge in [0.25, 0.3) is 0 Å².